The molecule has 2 heterocycles. The van der Waals surface area contributed by atoms with Crippen LogP contribution in [-0.2, 0) is 6.61 Å². The summed E-state index contributed by atoms with van der Waals surface area (Å²) < 4.78 is 9.91. The Morgan fingerprint density at radius 2 is 2.14 bits per heavy atom. The van der Waals surface area contributed by atoms with Gasteiger partial charge in [0.1, 0.15) is 26.4 Å². The van der Waals surface area contributed by atoms with E-state index in [1.54, 1.807) is 18.5 Å². The van der Waals surface area contributed by atoms with Crippen molar-refractivity contribution in [2.24, 2.45) is 0 Å². The van der Waals surface area contributed by atoms with Crippen LogP contribution in [0.2, 0.25) is 0 Å². The quantitative estimate of drug-likeness (QED) is 0.597. The molecule has 0 aliphatic rings. The fourth-order valence-electron chi connectivity index (χ4n) is 0.906. The van der Waals surface area contributed by atoms with Crippen LogP contribution in [0.4, 0.5) is 0 Å². The van der Waals surface area contributed by atoms with Gasteiger partial charge in [0.05, 0.1) is 0 Å². The van der Waals surface area contributed by atoms with Gasteiger partial charge in [-0.05, 0) is 0 Å². The molecule has 14 heavy (non-hydrogen) atoms. The van der Waals surface area contributed by atoms with E-state index >= 15 is 0 Å². The van der Waals surface area contributed by atoms with Crippen molar-refractivity contribution >= 4 is 13.3 Å². The Hall–Kier alpha value is -1.85. The Morgan fingerprint density at radius 3 is 2.79 bits per heavy atom. The summed E-state index contributed by atoms with van der Waals surface area (Å²) in [4.78, 5) is 7.97. The van der Waals surface area contributed by atoms with Crippen LogP contribution in [0.15, 0.2) is 29.2 Å². The zero-order chi connectivity index (χ0) is 9.80. The second-order valence-electron chi connectivity index (χ2n) is 2.82. The van der Waals surface area contributed by atoms with Gasteiger partial charge in [-0.2, -0.15) is 0 Å². The summed E-state index contributed by atoms with van der Waals surface area (Å²) in [5.41, 5.74) is 1.72. The summed E-state index contributed by atoms with van der Waals surface area (Å²) in [5, 5.41) is 3.69. The van der Waals surface area contributed by atoms with Crippen LogP contribution in [0, 0.1) is 0 Å². The van der Waals surface area contributed by atoms with Crippen LogP contribution in [0.3, 0.4) is 0 Å². The number of nitrogens with zero attached hydrogens (tertiary/aromatic N) is 3. The third kappa shape index (κ3) is 2.10. The summed E-state index contributed by atoms with van der Waals surface area (Å²) >= 11 is 0. The topological polar surface area (TPSA) is 61.0 Å². The summed E-state index contributed by atoms with van der Waals surface area (Å²) in [6, 6.07) is 2.08. The van der Waals surface area contributed by atoms with Crippen molar-refractivity contribution in [2.75, 3.05) is 0 Å². The van der Waals surface area contributed by atoms with Crippen molar-refractivity contribution in [2.45, 2.75) is 6.61 Å². The lowest BCUT2D eigenvalue weighted by Crippen LogP contribution is -2.07. The van der Waals surface area contributed by atoms with E-state index < -0.39 is 0 Å². The lowest BCUT2D eigenvalue weighted by Gasteiger charge is -2.00. The van der Waals surface area contributed by atoms with Crippen LogP contribution in [0.5, 0.6) is 6.01 Å². The van der Waals surface area contributed by atoms with E-state index in [-0.39, 0.29) is 0 Å². The highest BCUT2D eigenvalue weighted by molar-refractivity contribution is 6.31. The van der Waals surface area contributed by atoms with Gasteiger partial charge < -0.3 is 9.26 Å². The van der Waals surface area contributed by atoms with Gasteiger partial charge in [-0.1, -0.05) is 10.6 Å². The van der Waals surface area contributed by atoms with E-state index in [0.29, 0.717) is 18.3 Å². The molecule has 0 saturated heterocycles. The molecule has 70 valence electrons. The average Bonchev–Trinajstić information content (AvgIpc) is 2.70. The number of ether oxygens (including phenoxy) is 1. The molecule has 0 N–H and O–H groups in total. The van der Waals surface area contributed by atoms with Gasteiger partial charge in [-0.25, -0.2) is 9.97 Å². The molecule has 2 aromatic rings. The van der Waals surface area contributed by atoms with E-state index in [4.69, 9.17) is 4.74 Å². The normalized spacial score (nSPS) is 10.0. The molecule has 0 atom stereocenters. The summed E-state index contributed by atoms with van der Waals surface area (Å²) in [5.74, 6) is 0. The first-order valence-electron chi connectivity index (χ1n) is 4.15. The zero-order valence-electron chi connectivity index (χ0n) is 7.67. The zero-order valence-corrected chi connectivity index (χ0v) is 7.67. The van der Waals surface area contributed by atoms with E-state index in [0.717, 1.165) is 5.46 Å². The Morgan fingerprint density at radius 1 is 1.36 bits per heavy atom. The Labute approximate surface area is 81.5 Å². The molecule has 0 fully saturated rings. The molecular formula is C8H8BN3O2. The molecule has 6 heteroatoms. The number of hydrogen-bond donors (Lipinski definition) is 0. The fourth-order valence-corrected chi connectivity index (χ4v) is 0.906. The second kappa shape index (κ2) is 3.91. The van der Waals surface area contributed by atoms with Crippen LogP contribution >= 0.6 is 0 Å². The van der Waals surface area contributed by atoms with Crippen molar-refractivity contribution in [3.05, 3.63) is 30.4 Å². The van der Waals surface area contributed by atoms with Crippen molar-refractivity contribution < 1.29 is 9.26 Å². The first kappa shape index (κ1) is 8.74. The minimum atomic E-state index is 0.319. The Kier molecular flexibility index (Phi) is 2.44. The van der Waals surface area contributed by atoms with E-state index in [1.807, 2.05) is 7.85 Å². The standard InChI is InChI=1S/C8H8BN3O2/c9-6-3-10-8(11-4-6)13-5-7-1-2-14-12-7/h1-4H,5,9H2. The molecule has 0 aliphatic heterocycles. The molecule has 0 spiro atoms. The van der Waals surface area contributed by atoms with Gasteiger partial charge in [0.25, 0.3) is 0 Å². The predicted molar refractivity (Wildman–Crippen MR) is 51.0 cm³/mol. The molecule has 0 radical (unpaired) electrons. The molecule has 0 bridgehead atoms. The van der Waals surface area contributed by atoms with Crippen molar-refractivity contribution in [1.29, 1.82) is 0 Å². The summed E-state index contributed by atoms with van der Waals surface area (Å²) in [6.07, 6.45) is 4.89. The van der Waals surface area contributed by atoms with Crippen LogP contribution in [0.1, 0.15) is 5.69 Å². The van der Waals surface area contributed by atoms with E-state index in [9.17, 15) is 0 Å². The monoisotopic (exact) mass is 189 g/mol. The molecule has 0 unspecified atom stereocenters. The van der Waals surface area contributed by atoms with Crippen molar-refractivity contribution in [3.8, 4) is 6.01 Å². The van der Waals surface area contributed by atoms with Crippen LogP contribution < -0.4 is 10.2 Å². The van der Waals surface area contributed by atoms with Crippen LogP contribution in [-0.4, -0.2) is 23.0 Å². The van der Waals surface area contributed by atoms with Gasteiger partial charge in [0.15, 0.2) is 0 Å². The second-order valence-corrected chi connectivity index (χ2v) is 2.82. The minimum Gasteiger partial charge on any atom is -0.457 e. The van der Waals surface area contributed by atoms with Gasteiger partial charge in [0.2, 0.25) is 0 Å². The fraction of sp³-hybridized carbons (Fsp3) is 0.125. The van der Waals surface area contributed by atoms with Crippen molar-refractivity contribution in [3.63, 3.8) is 0 Å². The summed E-state index contributed by atoms with van der Waals surface area (Å²) in [6.45, 7) is 0.319. The maximum Gasteiger partial charge on any atom is 0.316 e. The minimum absolute atomic E-state index is 0.319. The number of rotatable bonds is 3. The lowest BCUT2D eigenvalue weighted by atomic mass is 10.0. The molecule has 0 amide bonds. The van der Waals surface area contributed by atoms with Gasteiger partial charge in [-0.15, -0.1) is 0 Å². The Balaban J connectivity index is 1.95. The average molecular weight is 189 g/mol. The molecule has 5 nitrogen and oxygen atoms in total. The lowest BCUT2D eigenvalue weighted by molar-refractivity contribution is 0.267. The largest absolute Gasteiger partial charge is 0.457 e. The first-order valence-corrected chi connectivity index (χ1v) is 4.15. The summed E-state index contributed by atoms with van der Waals surface area (Å²) in [7, 11) is 1.92. The molecule has 2 aromatic heterocycles. The highest BCUT2D eigenvalue weighted by Crippen LogP contribution is 2.01. The third-order valence-electron chi connectivity index (χ3n) is 1.60. The van der Waals surface area contributed by atoms with Gasteiger partial charge in [-0.3, -0.25) is 0 Å². The molecule has 0 saturated carbocycles. The van der Waals surface area contributed by atoms with E-state index in [2.05, 4.69) is 19.6 Å². The SMILES string of the molecule is Bc1cnc(OCc2ccon2)nc1. The Bertz CT molecular complexity index is 387. The predicted octanol–water partition coefficient (Wildman–Crippen LogP) is -0.698. The maximum atomic E-state index is 5.26. The first-order chi connectivity index (χ1) is 6.84. The van der Waals surface area contributed by atoms with Crippen molar-refractivity contribution in [1.82, 2.24) is 15.1 Å². The number of aromatic nitrogens is 3. The molecule has 2 rings (SSSR count). The molecule has 0 aliphatic carbocycles. The number of hydrogen-bond acceptors (Lipinski definition) is 5. The highest BCUT2D eigenvalue weighted by Gasteiger charge is 1.99. The van der Waals surface area contributed by atoms with Gasteiger partial charge >= 0.3 is 6.01 Å². The van der Waals surface area contributed by atoms with Crippen LogP contribution in [0.25, 0.3) is 0 Å². The smallest absolute Gasteiger partial charge is 0.316 e. The molecule has 0 aromatic carbocycles. The molecular weight excluding hydrogens is 181 g/mol. The third-order valence-corrected chi connectivity index (χ3v) is 1.60. The highest BCUT2D eigenvalue weighted by atomic mass is 16.5. The maximum absolute atomic E-state index is 5.26. The van der Waals surface area contributed by atoms with E-state index in [1.165, 1.54) is 6.26 Å². The van der Waals surface area contributed by atoms with Gasteiger partial charge in [0, 0.05) is 18.5 Å².